The topological polar surface area (TPSA) is 87.5 Å². The molecule has 0 saturated carbocycles. The van der Waals surface area contributed by atoms with Gasteiger partial charge in [-0.3, -0.25) is 14.9 Å². The fourth-order valence-electron chi connectivity index (χ4n) is 2.01. The fraction of sp³-hybridized carbons (Fsp3) is 0.500. The first-order chi connectivity index (χ1) is 10.0. The van der Waals surface area contributed by atoms with E-state index < -0.39 is 4.92 Å². The summed E-state index contributed by atoms with van der Waals surface area (Å²) in [6, 6.07) is 4.20. The smallest absolute Gasteiger partial charge is 0.270 e. The molecule has 1 amide bonds. The van der Waals surface area contributed by atoms with E-state index in [9.17, 15) is 14.9 Å². The number of benzene rings is 1. The molecule has 0 aliphatic rings. The Bertz CT molecular complexity index is 501. The Kier molecular flexibility index (Phi) is 6.61. The summed E-state index contributed by atoms with van der Waals surface area (Å²) in [6.07, 6.45) is 0. The minimum atomic E-state index is -0.508. The van der Waals surface area contributed by atoms with Gasteiger partial charge < -0.3 is 15.5 Å². The van der Waals surface area contributed by atoms with Gasteiger partial charge in [0.2, 0.25) is 0 Å². The summed E-state index contributed by atoms with van der Waals surface area (Å²) in [4.78, 5) is 24.6. The zero-order valence-corrected chi connectivity index (χ0v) is 12.7. The molecule has 0 fully saturated rings. The van der Waals surface area contributed by atoms with Gasteiger partial charge in [0.1, 0.15) is 0 Å². The predicted octanol–water partition coefficient (Wildman–Crippen LogP) is 1.71. The van der Waals surface area contributed by atoms with Crippen LogP contribution in [0.4, 0.5) is 11.4 Å². The third kappa shape index (κ3) is 4.71. The predicted molar refractivity (Wildman–Crippen MR) is 82.8 cm³/mol. The van der Waals surface area contributed by atoms with Gasteiger partial charge >= 0.3 is 0 Å². The Labute approximate surface area is 124 Å². The van der Waals surface area contributed by atoms with Crippen molar-refractivity contribution >= 4 is 17.3 Å². The highest BCUT2D eigenvalue weighted by Crippen LogP contribution is 2.21. The third-order valence-electron chi connectivity index (χ3n) is 3.34. The number of carbonyl (C=O) groups excluding carboxylic acids is 1. The van der Waals surface area contributed by atoms with E-state index in [1.807, 2.05) is 0 Å². The number of anilines is 1. The average molecular weight is 294 g/mol. The van der Waals surface area contributed by atoms with Gasteiger partial charge in [-0.15, -0.1) is 0 Å². The standard InChI is InChI=1S/C14H22N4O3/c1-4-17(5-2)9-8-16-14(19)12-10-11(18(20)21)6-7-13(12)15-3/h6-7,10,15H,4-5,8-9H2,1-3H3,(H,16,19). The monoisotopic (exact) mass is 294 g/mol. The van der Waals surface area contributed by atoms with Crippen LogP contribution in [0.5, 0.6) is 0 Å². The minimum Gasteiger partial charge on any atom is -0.387 e. The van der Waals surface area contributed by atoms with Crippen LogP contribution in [0.15, 0.2) is 18.2 Å². The molecule has 0 aliphatic heterocycles. The Morgan fingerprint density at radius 1 is 1.33 bits per heavy atom. The second-order valence-corrected chi connectivity index (χ2v) is 4.52. The average Bonchev–Trinajstić information content (AvgIpc) is 2.50. The molecular weight excluding hydrogens is 272 g/mol. The number of nitrogens with zero attached hydrogens (tertiary/aromatic N) is 2. The SMILES string of the molecule is CCN(CC)CCNC(=O)c1cc([N+](=O)[O-])ccc1NC. The molecule has 116 valence electrons. The van der Waals surface area contributed by atoms with E-state index in [0.29, 0.717) is 12.2 Å². The largest absolute Gasteiger partial charge is 0.387 e. The number of non-ortho nitro benzene ring substituents is 1. The van der Waals surface area contributed by atoms with Crippen LogP contribution in [0, 0.1) is 10.1 Å². The lowest BCUT2D eigenvalue weighted by molar-refractivity contribution is -0.384. The van der Waals surface area contributed by atoms with Crippen LogP contribution in [-0.2, 0) is 0 Å². The molecule has 0 radical (unpaired) electrons. The van der Waals surface area contributed by atoms with E-state index in [0.717, 1.165) is 19.6 Å². The van der Waals surface area contributed by atoms with Gasteiger partial charge in [-0.05, 0) is 19.2 Å². The number of rotatable bonds is 8. The van der Waals surface area contributed by atoms with Gasteiger partial charge in [0.05, 0.1) is 10.5 Å². The van der Waals surface area contributed by atoms with Crippen LogP contribution in [0.3, 0.4) is 0 Å². The van der Waals surface area contributed by atoms with E-state index in [1.165, 1.54) is 18.2 Å². The maximum absolute atomic E-state index is 12.2. The van der Waals surface area contributed by atoms with Crippen molar-refractivity contribution in [3.63, 3.8) is 0 Å². The summed E-state index contributed by atoms with van der Waals surface area (Å²) in [5.74, 6) is -0.310. The van der Waals surface area contributed by atoms with Crippen LogP contribution < -0.4 is 10.6 Å². The summed E-state index contributed by atoms with van der Waals surface area (Å²) in [5, 5.41) is 16.5. The molecular formula is C14H22N4O3. The van der Waals surface area contributed by atoms with Crippen molar-refractivity contribution in [3.8, 4) is 0 Å². The molecule has 21 heavy (non-hydrogen) atoms. The molecule has 0 saturated heterocycles. The highest BCUT2D eigenvalue weighted by Gasteiger charge is 2.16. The zero-order chi connectivity index (χ0) is 15.8. The lowest BCUT2D eigenvalue weighted by atomic mass is 10.1. The Morgan fingerprint density at radius 2 is 2.00 bits per heavy atom. The first kappa shape index (κ1) is 16.9. The summed E-state index contributed by atoms with van der Waals surface area (Å²) >= 11 is 0. The molecule has 0 atom stereocenters. The number of amides is 1. The molecule has 0 aromatic heterocycles. The highest BCUT2D eigenvalue weighted by molar-refractivity contribution is 6.00. The molecule has 0 unspecified atom stereocenters. The van der Waals surface area contributed by atoms with Crippen molar-refractivity contribution in [2.24, 2.45) is 0 Å². The van der Waals surface area contributed by atoms with Crippen LogP contribution in [-0.4, -0.2) is 49.0 Å². The lowest BCUT2D eigenvalue weighted by Gasteiger charge is -2.18. The number of nitro groups is 1. The Hall–Kier alpha value is -2.15. The maximum Gasteiger partial charge on any atom is 0.270 e. The van der Waals surface area contributed by atoms with Crippen molar-refractivity contribution in [2.45, 2.75) is 13.8 Å². The lowest BCUT2D eigenvalue weighted by Crippen LogP contribution is -2.35. The summed E-state index contributed by atoms with van der Waals surface area (Å²) in [6.45, 7) is 7.22. The van der Waals surface area contributed by atoms with Gasteiger partial charge in [-0.25, -0.2) is 0 Å². The van der Waals surface area contributed by atoms with Gasteiger partial charge in [-0.2, -0.15) is 0 Å². The number of likely N-dealkylation sites (N-methyl/N-ethyl adjacent to an activating group) is 1. The van der Waals surface area contributed by atoms with Crippen LogP contribution in [0.2, 0.25) is 0 Å². The van der Waals surface area contributed by atoms with E-state index in [4.69, 9.17) is 0 Å². The normalized spacial score (nSPS) is 10.5. The molecule has 0 heterocycles. The third-order valence-corrected chi connectivity index (χ3v) is 3.34. The van der Waals surface area contributed by atoms with Crippen molar-refractivity contribution < 1.29 is 9.72 Å². The fourth-order valence-corrected chi connectivity index (χ4v) is 2.01. The molecule has 0 bridgehead atoms. The summed E-state index contributed by atoms with van der Waals surface area (Å²) in [5.41, 5.74) is 0.759. The van der Waals surface area contributed by atoms with E-state index in [2.05, 4.69) is 29.4 Å². The second-order valence-electron chi connectivity index (χ2n) is 4.52. The van der Waals surface area contributed by atoms with Gasteiger partial charge in [0.15, 0.2) is 0 Å². The van der Waals surface area contributed by atoms with Crippen LogP contribution in [0.1, 0.15) is 24.2 Å². The van der Waals surface area contributed by atoms with Crippen molar-refractivity contribution in [2.75, 3.05) is 38.5 Å². The maximum atomic E-state index is 12.2. The minimum absolute atomic E-state index is 0.0945. The Morgan fingerprint density at radius 3 is 2.52 bits per heavy atom. The molecule has 1 aromatic carbocycles. The van der Waals surface area contributed by atoms with Crippen molar-refractivity contribution in [3.05, 3.63) is 33.9 Å². The molecule has 1 aromatic rings. The van der Waals surface area contributed by atoms with Gasteiger partial charge in [0.25, 0.3) is 11.6 Å². The first-order valence-corrected chi connectivity index (χ1v) is 7.00. The van der Waals surface area contributed by atoms with Crippen LogP contribution >= 0.6 is 0 Å². The molecule has 0 spiro atoms. The second kappa shape index (κ2) is 8.21. The Balaban J connectivity index is 2.76. The van der Waals surface area contributed by atoms with Crippen molar-refractivity contribution in [1.29, 1.82) is 0 Å². The molecule has 7 heteroatoms. The molecule has 1 rings (SSSR count). The number of nitrogens with one attached hydrogen (secondary N) is 2. The zero-order valence-electron chi connectivity index (χ0n) is 12.7. The number of hydrogen-bond acceptors (Lipinski definition) is 5. The van der Waals surface area contributed by atoms with Gasteiger partial charge in [0, 0.05) is 38.0 Å². The quantitative estimate of drug-likeness (QED) is 0.563. The van der Waals surface area contributed by atoms with Crippen molar-refractivity contribution in [1.82, 2.24) is 10.2 Å². The number of nitro benzene ring substituents is 1. The van der Waals surface area contributed by atoms with Gasteiger partial charge in [-0.1, -0.05) is 13.8 Å². The number of carbonyl (C=O) groups is 1. The molecule has 0 aliphatic carbocycles. The highest BCUT2D eigenvalue weighted by atomic mass is 16.6. The summed E-state index contributed by atoms with van der Waals surface area (Å²) < 4.78 is 0. The number of hydrogen-bond donors (Lipinski definition) is 2. The van der Waals surface area contributed by atoms with Crippen LogP contribution in [0.25, 0.3) is 0 Å². The van der Waals surface area contributed by atoms with E-state index in [1.54, 1.807) is 7.05 Å². The van der Waals surface area contributed by atoms with E-state index in [-0.39, 0.29) is 17.2 Å². The van der Waals surface area contributed by atoms with E-state index >= 15 is 0 Å². The summed E-state index contributed by atoms with van der Waals surface area (Å²) in [7, 11) is 1.67. The molecule has 7 nitrogen and oxygen atoms in total. The first-order valence-electron chi connectivity index (χ1n) is 7.00. The molecule has 2 N–H and O–H groups in total.